The van der Waals surface area contributed by atoms with Crippen LogP contribution in [0.3, 0.4) is 0 Å². The molecule has 0 spiro atoms. The quantitative estimate of drug-likeness (QED) is 0.467. The van der Waals surface area contributed by atoms with Crippen molar-refractivity contribution in [1.82, 2.24) is 30.0 Å². The maximum absolute atomic E-state index is 12.0. The van der Waals surface area contributed by atoms with Crippen molar-refractivity contribution in [3.05, 3.63) is 36.2 Å². The van der Waals surface area contributed by atoms with Gasteiger partial charge in [-0.3, -0.25) is 19.1 Å². The molecular formula is C19H30N6O5. The molecular weight excluding hydrogens is 392 g/mol. The van der Waals surface area contributed by atoms with Gasteiger partial charge in [0.05, 0.1) is 6.20 Å². The lowest BCUT2D eigenvalue weighted by Gasteiger charge is -2.32. The standard InChI is InChI=1S/C17H26N6O.2CH2O2/c1-14-9-21-23(11-14)13-17(24)20-10-15-3-2-7-22(12-15)8-4-16-18-5-6-19-16;2*2-1-3/h5-6,9,11,15H,2-4,7-8,10,12-13H2,1H3,(H,18,19)(H,20,24);2*1H,(H,2,3). The van der Waals surface area contributed by atoms with Crippen molar-refractivity contribution in [3.8, 4) is 0 Å². The van der Waals surface area contributed by atoms with Gasteiger partial charge >= 0.3 is 0 Å². The van der Waals surface area contributed by atoms with Crippen molar-refractivity contribution in [1.29, 1.82) is 0 Å². The number of aromatic nitrogens is 4. The highest BCUT2D eigenvalue weighted by atomic mass is 16.3. The number of amides is 1. The molecule has 0 bridgehead atoms. The fraction of sp³-hybridized carbons (Fsp3) is 0.526. The van der Waals surface area contributed by atoms with Gasteiger partial charge in [0.2, 0.25) is 5.91 Å². The normalized spacial score (nSPS) is 15.7. The molecule has 2 aromatic heterocycles. The van der Waals surface area contributed by atoms with Crippen LogP contribution in [0.1, 0.15) is 24.2 Å². The van der Waals surface area contributed by atoms with Crippen molar-refractivity contribution in [2.45, 2.75) is 32.7 Å². The lowest BCUT2D eigenvalue weighted by atomic mass is 9.98. The Bertz CT molecular complexity index is 728. The van der Waals surface area contributed by atoms with E-state index < -0.39 is 0 Å². The van der Waals surface area contributed by atoms with Crippen molar-refractivity contribution < 1.29 is 24.6 Å². The SMILES string of the molecule is Cc1cnn(CC(=O)NCC2CCCN(CCc3ncc[nH]3)C2)c1.O=CO.O=CO. The number of aromatic amines is 1. The predicted octanol–water partition coefficient (Wildman–Crippen LogP) is 0.387. The molecule has 1 fully saturated rings. The van der Waals surface area contributed by atoms with E-state index in [4.69, 9.17) is 19.8 Å². The molecule has 1 aliphatic rings. The highest BCUT2D eigenvalue weighted by Crippen LogP contribution is 2.16. The molecule has 30 heavy (non-hydrogen) atoms. The monoisotopic (exact) mass is 422 g/mol. The van der Waals surface area contributed by atoms with Gasteiger partial charge in [-0.05, 0) is 37.8 Å². The van der Waals surface area contributed by atoms with Crippen LogP contribution in [-0.2, 0) is 27.3 Å². The third-order valence-corrected chi connectivity index (χ3v) is 4.48. The van der Waals surface area contributed by atoms with Crippen molar-refractivity contribution >= 4 is 18.9 Å². The van der Waals surface area contributed by atoms with Crippen LogP contribution in [0.5, 0.6) is 0 Å². The second-order valence-corrected chi connectivity index (χ2v) is 6.82. The van der Waals surface area contributed by atoms with Crippen LogP contribution in [0.2, 0.25) is 0 Å². The molecule has 11 heteroatoms. The zero-order valence-corrected chi connectivity index (χ0v) is 17.1. The highest BCUT2D eigenvalue weighted by molar-refractivity contribution is 5.75. The largest absolute Gasteiger partial charge is 0.483 e. The smallest absolute Gasteiger partial charge is 0.290 e. The number of carbonyl (C=O) groups is 3. The molecule has 3 rings (SSSR count). The number of hydrogen-bond donors (Lipinski definition) is 4. The van der Waals surface area contributed by atoms with Crippen LogP contribution in [-0.4, -0.2) is 79.9 Å². The van der Waals surface area contributed by atoms with Gasteiger partial charge in [-0.15, -0.1) is 0 Å². The van der Waals surface area contributed by atoms with Crippen molar-refractivity contribution in [2.75, 3.05) is 26.2 Å². The van der Waals surface area contributed by atoms with Gasteiger partial charge in [0, 0.05) is 44.6 Å². The number of carboxylic acid groups (broad SMARTS) is 2. The number of piperidine rings is 1. The van der Waals surface area contributed by atoms with Crippen LogP contribution >= 0.6 is 0 Å². The van der Waals surface area contributed by atoms with E-state index in [0.29, 0.717) is 12.5 Å². The molecule has 0 aliphatic carbocycles. The first-order valence-electron chi connectivity index (χ1n) is 9.64. The van der Waals surface area contributed by atoms with Gasteiger partial charge in [-0.2, -0.15) is 5.10 Å². The lowest BCUT2D eigenvalue weighted by Crippen LogP contribution is -2.42. The first kappa shape index (κ1) is 24.8. The molecule has 0 radical (unpaired) electrons. The Balaban J connectivity index is 0.000000672. The minimum absolute atomic E-state index is 0.0332. The first-order valence-corrected chi connectivity index (χ1v) is 9.64. The molecule has 1 aliphatic heterocycles. The molecule has 4 N–H and O–H groups in total. The zero-order chi connectivity index (χ0) is 22.2. The summed E-state index contributed by atoms with van der Waals surface area (Å²) in [6.07, 6.45) is 10.6. The van der Waals surface area contributed by atoms with Crippen molar-refractivity contribution in [2.24, 2.45) is 5.92 Å². The maximum Gasteiger partial charge on any atom is 0.290 e. The summed E-state index contributed by atoms with van der Waals surface area (Å²) in [6.45, 7) is 5.71. The minimum Gasteiger partial charge on any atom is -0.483 e. The lowest BCUT2D eigenvalue weighted by molar-refractivity contribution is -0.123. The molecule has 0 saturated carbocycles. The average Bonchev–Trinajstić information content (AvgIpc) is 3.38. The van der Waals surface area contributed by atoms with Gasteiger partial charge in [-0.25, -0.2) is 4.98 Å². The summed E-state index contributed by atoms with van der Waals surface area (Å²) in [7, 11) is 0. The Morgan fingerprint density at radius 3 is 2.70 bits per heavy atom. The number of hydrogen-bond acceptors (Lipinski definition) is 6. The first-order chi connectivity index (χ1) is 14.5. The molecule has 1 saturated heterocycles. The summed E-state index contributed by atoms with van der Waals surface area (Å²) in [5.41, 5.74) is 1.07. The fourth-order valence-corrected chi connectivity index (χ4v) is 3.23. The van der Waals surface area contributed by atoms with E-state index in [-0.39, 0.29) is 18.9 Å². The van der Waals surface area contributed by atoms with Gasteiger partial charge in [0.1, 0.15) is 12.4 Å². The molecule has 2 aromatic rings. The number of nitrogens with one attached hydrogen (secondary N) is 2. The Kier molecular flexibility index (Phi) is 12.2. The minimum atomic E-state index is -0.250. The zero-order valence-electron chi connectivity index (χ0n) is 17.1. The number of imidazole rings is 1. The van der Waals surface area contributed by atoms with Crippen LogP contribution in [0.15, 0.2) is 24.8 Å². The van der Waals surface area contributed by atoms with Crippen LogP contribution in [0.25, 0.3) is 0 Å². The number of rotatable bonds is 7. The van der Waals surface area contributed by atoms with E-state index in [9.17, 15) is 4.79 Å². The third kappa shape index (κ3) is 10.4. The van der Waals surface area contributed by atoms with Gasteiger partial charge in [-0.1, -0.05) is 0 Å². The van der Waals surface area contributed by atoms with E-state index in [0.717, 1.165) is 44.0 Å². The van der Waals surface area contributed by atoms with Gasteiger partial charge in [0.15, 0.2) is 0 Å². The van der Waals surface area contributed by atoms with E-state index in [1.165, 1.54) is 12.8 Å². The summed E-state index contributed by atoms with van der Waals surface area (Å²) >= 11 is 0. The van der Waals surface area contributed by atoms with Crippen LogP contribution in [0, 0.1) is 12.8 Å². The topological polar surface area (TPSA) is 153 Å². The van der Waals surface area contributed by atoms with Gasteiger partial charge in [0.25, 0.3) is 12.9 Å². The summed E-state index contributed by atoms with van der Waals surface area (Å²) in [5, 5.41) is 21.0. The van der Waals surface area contributed by atoms with Crippen molar-refractivity contribution in [3.63, 3.8) is 0 Å². The second-order valence-electron chi connectivity index (χ2n) is 6.82. The third-order valence-electron chi connectivity index (χ3n) is 4.48. The highest BCUT2D eigenvalue weighted by Gasteiger charge is 2.20. The summed E-state index contributed by atoms with van der Waals surface area (Å²) in [4.78, 5) is 38.6. The van der Waals surface area contributed by atoms with E-state index in [1.807, 2.05) is 19.3 Å². The average molecular weight is 422 g/mol. The number of nitrogens with zero attached hydrogens (tertiary/aromatic N) is 4. The molecule has 0 aromatic carbocycles. The molecule has 3 heterocycles. The van der Waals surface area contributed by atoms with Crippen LogP contribution < -0.4 is 5.32 Å². The Hall–Kier alpha value is -3.21. The summed E-state index contributed by atoms with van der Waals surface area (Å²) < 4.78 is 1.68. The molecule has 166 valence electrons. The number of likely N-dealkylation sites (tertiary alicyclic amines) is 1. The summed E-state index contributed by atoms with van der Waals surface area (Å²) in [6, 6.07) is 0. The number of H-pyrrole nitrogens is 1. The summed E-state index contributed by atoms with van der Waals surface area (Å²) in [5.74, 6) is 1.60. The Labute approximate surface area is 175 Å². The number of carbonyl (C=O) groups excluding carboxylic acids is 1. The molecule has 1 unspecified atom stereocenters. The predicted molar refractivity (Wildman–Crippen MR) is 109 cm³/mol. The number of aryl methyl sites for hydroxylation is 1. The Morgan fingerprint density at radius 1 is 1.37 bits per heavy atom. The molecule has 1 amide bonds. The fourth-order valence-electron chi connectivity index (χ4n) is 3.23. The van der Waals surface area contributed by atoms with E-state index in [1.54, 1.807) is 17.1 Å². The molecule has 11 nitrogen and oxygen atoms in total. The maximum atomic E-state index is 12.0. The Morgan fingerprint density at radius 2 is 2.10 bits per heavy atom. The molecule has 1 atom stereocenters. The van der Waals surface area contributed by atoms with E-state index >= 15 is 0 Å². The van der Waals surface area contributed by atoms with E-state index in [2.05, 4.69) is 25.3 Å². The van der Waals surface area contributed by atoms with Crippen LogP contribution in [0.4, 0.5) is 0 Å². The second kappa shape index (κ2) is 14.7. The van der Waals surface area contributed by atoms with Gasteiger partial charge < -0.3 is 25.4 Å².